The first-order valence-corrected chi connectivity index (χ1v) is 8.87. The van der Waals surface area contributed by atoms with Gasteiger partial charge in [0, 0.05) is 12.1 Å². The number of carbonyl (C=O) groups excluding carboxylic acids is 3. The molecule has 10 heteroatoms. The third kappa shape index (κ3) is 5.92. The number of hydrogen-bond donors (Lipinski definition) is 2. The van der Waals surface area contributed by atoms with Gasteiger partial charge < -0.3 is 10.1 Å². The Morgan fingerprint density at radius 3 is 2.67 bits per heavy atom. The Balaban J connectivity index is 1.82. The highest BCUT2D eigenvalue weighted by molar-refractivity contribution is 6.32. The van der Waals surface area contributed by atoms with Gasteiger partial charge in [0.2, 0.25) is 0 Å². The second-order valence-corrected chi connectivity index (χ2v) is 6.80. The van der Waals surface area contributed by atoms with Crippen LogP contribution in [0.25, 0.3) is 0 Å². The van der Waals surface area contributed by atoms with Crippen LogP contribution in [-0.2, 0) is 9.53 Å². The van der Waals surface area contributed by atoms with Crippen LogP contribution < -0.4 is 10.6 Å². The summed E-state index contributed by atoms with van der Waals surface area (Å²) >= 11 is 5.67. The summed E-state index contributed by atoms with van der Waals surface area (Å²) in [5, 5.41) is 15.6. The van der Waals surface area contributed by atoms with E-state index in [1.165, 1.54) is 12.1 Å². The number of nitro benzene ring substituents is 1. The van der Waals surface area contributed by atoms with Gasteiger partial charge >= 0.3 is 12.0 Å². The molecule has 2 unspecified atom stereocenters. The van der Waals surface area contributed by atoms with Gasteiger partial charge in [0.1, 0.15) is 5.02 Å². The molecule has 0 bridgehead atoms. The average molecular weight is 398 g/mol. The van der Waals surface area contributed by atoms with Crippen molar-refractivity contribution in [2.45, 2.75) is 38.6 Å². The zero-order chi connectivity index (χ0) is 20.0. The first kappa shape index (κ1) is 20.6. The third-order valence-electron chi connectivity index (χ3n) is 4.39. The fourth-order valence-corrected chi connectivity index (χ4v) is 3.08. The van der Waals surface area contributed by atoms with E-state index in [0.29, 0.717) is 5.92 Å². The highest BCUT2D eigenvalue weighted by Crippen LogP contribution is 2.25. The summed E-state index contributed by atoms with van der Waals surface area (Å²) in [7, 11) is 0. The third-order valence-corrected chi connectivity index (χ3v) is 4.71. The Kier molecular flexibility index (Phi) is 7.12. The molecule has 1 fully saturated rings. The van der Waals surface area contributed by atoms with Crippen LogP contribution in [0.2, 0.25) is 5.02 Å². The molecule has 2 atom stereocenters. The number of esters is 1. The maximum atomic E-state index is 11.9. The molecule has 0 radical (unpaired) electrons. The van der Waals surface area contributed by atoms with Crippen LogP contribution in [-0.4, -0.2) is 35.5 Å². The molecule has 1 aromatic carbocycles. The topological polar surface area (TPSA) is 128 Å². The number of nitrogens with one attached hydrogen (secondary N) is 2. The van der Waals surface area contributed by atoms with Gasteiger partial charge in [-0.05, 0) is 30.9 Å². The van der Waals surface area contributed by atoms with E-state index < -0.39 is 35.1 Å². The number of nitro groups is 1. The zero-order valence-electron chi connectivity index (χ0n) is 14.7. The standard InChI is InChI=1S/C17H20ClN3O6/c1-10-4-2-3-5-13(10)19-17(24)20-15(22)9-27-16(23)11-6-7-12(18)14(8-11)21(25)26/h6-8,10,13H,2-5,9H2,1H3,(H2,19,20,22,24). The number of ether oxygens (including phenoxy) is 1. The zero-order valence-corrected chi connectivity index (χ0v) is 15.5. The summed E-state index contributed by atoms with van der Waals surface area (Å²) in [6.45, 7) is 1.35. The minimum atomic E-state index is -0.939. The summed E-state index contributed by atoms with van der Waals surface area (Å²) < 4.78 is 4.78. The van der Waals surface area contributed by atoms with E-state index in [4.69, 9.17) is 16.3 Å². The molecule has 0 saturated heterocycles. The Morgan fingerprint density at radius 1 is 1.30 bits per heavy atom. The molecular formula is C17H20ClN3O6. The van der Waals surface area contributed by atoms with E-state index in [2.05, 4.69) is 10.6 Å². The van der Waals surface area contributed by atoms with E-state index in [1.807, 2.05) is 6.92 Å². The van der Waals surface area contributed by atoms with Crippen LogP contribution in [0.5, 0.6) is 0 Å². The van der Waals surface area contributed by atoms with Crippen molar-refractivity contribution >= 4 is 35.2 Å². The number of halogens is 1. The van der Waals surface area contributed by atoms with Gasteiger partial charge in [0.15, 0.2) is 6.61 Å². The van der Waals surface area contributed by atoms with Crippen molar-refractivity contribution in [2.24, 2.45) is 5.92 Å². The number of hydrogen-bond acceptors (Lipinski definition) is 6. The second-order valence-electron chi connectivity index (χ2n) is 6.39. The maximum Gasteiger partial charge on any atom is 0.338 e. The smallest absolute Gasteiger partial charge is 0.338 e. The van der Waals surface area contributed by atoms with Crippen LogP contribution in [0.15, 0.2) is 18.2 Å². The summed E-state index contributed by atoms with van der Waals surface area (Å²) in [6.07, 6.45) is 4.02. The summed E-state index contributed by atoms with van der Waals surface area (Å²) in [4.78, 5) is 45.6. The van der Waals surface area contributed by atoms with Gasteiger partial charge in [-0.1, -0.05) is 31.4 Å². The monoisotopic (exact) mass is 397 g/mol. The van der Waals surface area contributed by atoms with Crippen molar-refractivity contribution in [3.8, 4) is 0 Å². The first-order valence-electron chi connectivity index (χ1n) is 8.49. The SMILES string of the molecule is CC1CCCCC1NC(=O)NC(=O)COC(=O)c1ccc(Cl)c([N+](=O)[O-])c1. The van der Waals surface area contributed by atoms with Crippen LogP contribution in [0.1, 0.15) is 43.0 Å². The number of amides is 3. The van der Waals surface area contributed by atoms with E-state index in [-0.39, 0.29) is 16.6 Å². The highest BCUT2D eigenvalue weighted by atomic mass is 35.5. The molecule has 1 aliphatic rings. The largest absolute Gasteiger partial charge is 0.452 e. The number of nitrogens with zero attached hydrogens (tertiary/aromatic N) is 1. The number of carbonyl (C=O) groups is 3. The number of benzene rings is 1. The highest BCUT2D eigenvalue weighted by Gasteiger charge is 2.24. The van der Waals surface area contributed by atoms with Crippen molar-refractivity contribution in [3.63, 3.8) is 0 Å². The molecule has 0 aliphatic heterocycles. The predicted molar refractivity (Wildman–Crippen MR) is 96.5 cm³/mol. The lowest BCUT2D eigenvalue weighted by molar-refractivity contribution is -0.384. The van der Waals surface area contributed by atoms with E-state index >= 15 is 0 Å². The average Bonchev–Trinajstić information content (AvgIpc) is 2.61. The molecule has 3 amide bonds. The predicted octanol–water partition coefficient (Wildman–Crippen LogP) is 2.81. The summed E-state index contributed by atoms with van der Waals surface area (Å²) in [5.74, 6) is -1.41. The first-order chi connectivity index (χ1) is 12.8. The van der Waals surface area contributed by atoms with Crippen LogP contribution >= 0.6 is 11.6 Å². The molecule has 0 spiro atoms. The molecule has 2 N–H and O–H groups in total. The molecule has 1 aromatic rings. The fourth-order valence-electron chi connectivity index (χ4n) is 2.89. The van der Waals surface area contributed by atoms with Crippen LogP contribution in [0.3, 0.4) is 0 Å². The van der Waals surface area contributed by atoms with Gasteiger partial charge in [-0.15, -0.1) is 0 Å². The summed E-state index contributed by atoms with van der Waals surface area (Å²) in [5.41, 5.74) is -0.573. The van der Waals surface area contributed by atoms with Gasteiger partial charge in [-0.2, -0.15) is 0 Å². The maximum absolute atomic E-state index is 11.9. The van der Waals surface area contributed by atoms with Gasteiger partial charge in [-0.25, -0.2) is 9.59 Å². The molecular weight excluding hydrogens is 378 g/mol. The minimum Gasteiger partial charge on any atom is -0.452 e. The fraction of sp³-hybridized carbons (Fsp3) is 0.471. The lowest BCUT2D eigenvalue weighted by atomic mass is 9.86. The van der Waals surface area contributed by atoms with Crippen molar-refractivity contribution in [1.82, 2.24) is 10.6 Å². The molecule has 0 heterocycles. The Labute approximate surface area is 160 Å². The minimum absolute atomic E-state index is 0.00344. The number of imide groups is 1. The van der Waals surface area contributed by atoms with Crippen molar-refractivity contribution in [3.05, 3.63) is 38.9 Å². The Morgan fingerprint density at radius 2 is 2.00 bits per heavy atom. The van der Waals surface area contributed by atoms with Crippen LogP contribution in [0, 0.1) is 16.0 Å². The summed E-state index contributed by atoms with van der Waals surface area (Å²) in [6, 6.07) is 2.75. The second kappa shape index (κ2) is 9.31. The van der Waals surface area contributed by atoms with Gasteiger partial charge in [0.25, 0.3) is 11.6 Å². The normalized spacial score (nSPS) is 19.0. The molecule has 146 valence electrons. The van der Waals surface area contributed by atoms with Gasteiger partial charge in [-0.3, -0.25) is 20.2 Å². The quantitative estimate of drug-likeness (QED) is 0.446. The molecule has 27 heavy (non-hydrogen) atoms. The number of urea groups is 1. The lowest BCUT2D eigenvalue weighted by Gasteiger charge is -2.29. The molecule has 9 nitrogen and oxygen atoms in total. The number of rotatable bonds is 5. The van der Waals surface area contributed by atoms with E-state index in [1.54, 1.807) is 0 Å². The Hall–Kier alpha value is -2.68. The molecule has 1 aliphatic carbocycles. The lowest BCUT2D eigenvalue weighted by Crippen LogP contribution is -2.48. The Bertz CT molecular complexity index is 754. The van der Waals surface area contributed by atoms with Crippen molar-refractivity contribution < 1.29 is 24.0 Å². The van der Waals surface area contributed by atoms with Gasteiger partial charge in [0.05, 0.1) is 10.5 Å². The van der Waals surface area contributed by atoms with E-state index in [0.717, 1.165) is 31.7 Å². The van der Waals surface area contributed by atoms with Crippen molar-refractivity contribution in [2.75, 3.05) is 6.61 Å². The van der Waals surface area contributed by atoms with Crippen LogP contribution in [0.4, 0.5) is 10.5 Å². The molecule has 1 saturated carbocycles. The van der Waals surface area contributed by atoms with Crippen molar-refractivity contribution in [1.29, 1.82) is 0 Å². The van der Waals surface area contributed by atoms with E-state index in [9.17, 15) is 24.5 Å². The molecule has 2 rings (SSSR count). The molecule has 0 aromatic heterocycles.